The summed E-state index contributed by atoms with van der Waals surface area (Å²) in [5.74, 6) is 0. The van der Waals surface area contributed by atoms with Crippen molar-refractivity contribution in [1.29, 1.82) is 0 Å². The molecular weight excluding hydrogens is 715 g/mol. The van der Waals surface area contributed by atoms with E-state index < -0.39 is 0 Å². The van der Waals surface area contributed by atoms with E-state index in [1.807, 2.05) is 12.1 Å². The standard InChI is InChI=1S/C57H41NO/c1-57(2)53-18-10-8-16-49(53)50-35-33-46(37-54(50)57)58(45-31-26-42(27-32-45)48-15-7-6-14-47(48)41-12-4-3-5-13-41)44-29-24-39(25-30-44)38-20-22-40(23-21-38)43-28-34-52-51-17-9-11-19-55(51)59-56(52)36-43/h3-37H,1-2H3. The van der Waals surface area contributed by atoms with Crippen molar-refractivity contribution in [3.05, 3.63) is 223 Å². The van der Waals surface area contributed by atoms with Gasteiger partial charge in [0, 0.05) is 33.2 Å². The lowest BCUT2D eigenvalue weighted by Crippen LogP contribution is -2.16. The number of furan rings is 1. The molecule has 0 spiro atoms. The third kappa shape index (κ3) is 5.96. The molecule has 1 aliphatic carbocycles. The number of hydrogen-bond donors (Lipinski definition) is 0. The van der Waals surface area contributed by atoms with Crippen LogP contribution in [0.1, 0.15) is 25.0 Å². The number of para-hydroxylation sites is 1. The van der Waals surface area contributed by atoms with Gasteiger partial charge in [-0.2, -0.15) is 0 Å². The van der Waals surface area contributed by atoms with E-state index in [1.165, 1.54) is 55.6 Å². The second-order valence-corrected chi connectivity index (χ2v) is 16.1. The first-order chi connectivity index (χ1) is 29.0. The monoisotopic (exact) mass is 755 g/mol. The Hall–Kier alpha value is -7.42. The van der Waals surface area contributed by atoms with E-state index in [0.717, 1.165) is 50.1 Å². The van der Waals surface area contributed by atoms with Gasteiger partial charge in [-0.3, -0.25) is 0 Å². The molecule has 2 nitrogen and oxygen atoms in total. The lowest BCUT2D eigenvalue weighted by Gasteiger charge is -2.28. The number of nitrogens with zero attached hydrogens (tertiary/aromatic N) is 1. The highest BCUT2D eigenvalue weighted by atomic mass is 16.3. The highest BCUT2D eigenvalue weighted by molar-refractivity contribution is 6.06. The van der Waals surface area contributed by atoms with Crippen molar-refractivity contribution in [3.63, 3.8) is 0 Å². The molecule has 0 unspecified atom stereocenters. The van der Waals surface area contributed by atoms with E-state index in [0.29, 0.717) is 0 Å². The molecule has 0 saturated carbocycles. The Labute approximate surface area is 345 Å². The van der Waals surface area contributed by atoms with Crippen molar-refractivity contribution in [1.82, 2.24) is 0 Å². The minimum Gasteiger partial charge on any atom is -0.456 e. The van der Waals surface area contributed by atoms with Crippen LogP contribution in [0.3, 0.4) is 0 Å². The number of hydrogen-bond acceptors (Lipinski definition) is 2. The lowest BCUT2D eigenvalue weighted by molar-refractivity contribution is 0.660. The van der Waals surface area contributed by atoms with Gasteiger partial charge in [-0.15, -0.1) is 0 Å². The second kappa shape index (κ2) is 13.9. The van der Waals surface area contributed by atoms with Crippen molar-refractivity contribution < 1.29 is 4.42 Å². The average molecular weight is 756 g/mol. The molecule has 0 N–H and O–H groups in total. The average Bonchev–Trinajstić information content (AvgIpc) is 3.78. The molecule has 280 valence electrons. The molecule has 0 bridgehead atoms. The lowest BCUT2D eigenvalue weighted by atomic mass is 9.82. The van der Waals surface area contributed by atoms with Gasteiger partial charge in [-0.25, -0.2) is 0 Å². The predicted octanol–water partition coefficient (Wildman–Crippen LogP) is 16.0. The molecule has 0 saturated heterocycles. The van der Waals surface area contributed by atoms with Crippen LogP contribution in [-0.4, -0.2) is 0 Å². The van der Waals surface area contributed by atoms with Crippen LogP contribution < -0.4 is 4.90 Å². The second-order valence-electron chi connectivity index (χ2n) is 16.1. The Morgan fingerprint density at radius 2 is 0.797 bits per heavy atom. The Kier molecular flexibility index (Phi) is 8.20. The Balaban J connectivity index is 0.947. The van der Waals surface area contributed by atoms with Crippen LogP contribution in [0.25, 0.3) is 77.6 Å². The molecular formula is C57H41NO. The molecule has 1 aliphatic rings. The summed E-state index contributed by atoms with van der Waals surface area (Å²) in [6, 6.07) is 76.9. The van der Waals surface area contributed by atoms with E-state index in [1.54, 1.807) is 0 Å². The first-order valence-corrected chi connectivity index (χ1v) is 20.4. The summed E-state index contributed by atoms with van der Waals surface area (Å²) < 4.78 is 6.19. The minimum absolute atomic E-state index is 0.105. The number of rotatable bonds is 7. The minimum atomic E-state index is -0.105. The summed E-state index contributed by atoms with van der Waals surface area (Å²) >= 11 is 0. The first kappa shape index (κ1) is 34.8. The van der Waals surface area contributed by atoms with E-state index >= 15 is 0 Å². The highest BCUT2D eigenvalue weighted by Gasteiger charge is 2.35. The van der Waals surface area contributed by atoms with Crippen LogP contribution in [0, 0.1) is 0 Å². The highest BCUT2D eigenvalue weighted by Crippen LogP contribution is 2.51. The van der Waals surface area contributed by atoms with Crippen LogP contribution in [-0.2, 0) is 5.41 Å². The van der Waals surface area contributed by atoms with Gasteiger partial charge < -0.3 is 9.32 Å². The van der Waals surface area contributed by atoms with E-state index in [9.17, 15) is 0 Å². The van der Waals surface area contributed by atoms with Gasteiger partial charge in [-0.1, -0.05) is 172 Å². The summed E-state index contributed by atoms with van der Waals surface area (Å²) in [6.07, 6.45) is 0. The maximum atomic E-state index is 6.19. The molecule has 59 heavy (non-hydrogen) atoms. The summed E-state index contributed by atoms with van der Waals surface area (Å²) in [6.45, 7) is 4.70. The van der Waals surface area contributed by atoms with E-state index in [4.69, 9.17) is 4.42 Å². The molecule has 1 heterocycles. The Morgan fingerprint density at radius 1 is 0.322 bits per heavy atom. The van der Waals surface area contributed by atoms with Crippen LogP contribution in [0.15, 0.2) is 217 Å². The molecule has 0 atom stereocenters. The Bertz CT molecular complexity index is 3150. The molecule has 0 aliphatic heterocycles. The molecule has 9 aromatic carbocycles. The van der Waals surface area contributed by atoms with Gasteiger partial charge in [0.05, 0.1) is 0 Å². The SMILES string of the molecule is CC1(C)c2ccccc2-c2ccc(N(c3ccc(-c4ccc(-c5ccc6c(c5)oc5ccccc56)cc4)cc3)c3ccc(-c4ccccc4-c4ccccc4)cc3)cc21. The van der Waals surface area contributed by atoms with E-state index in [-0.39, 0.29) is 5.41 Å². The third-order valence-electron chi connectivity index (χ3n) is 12.3. The molecule has 0 radical (unpaired) electrons. The largest absolute Gasteiger partial charge is 0.456 e. The molecule has 11 rings (SSSR count). The van der Waals surface area contributed by atoms with Crippen LogP contribution in [0.5, 0.6) is 0 Å². The maximum Gasteiger partial charge on any atom is 0.136 e. The summed E-state index contributed by atoms with van der Waals surface area (Å²) in [5.41, 5.74) is 20.0. The van der Waals surface area contributed by atoms with Crippen molar-refractivity contribution in [2.75, 3.05) is 4.90 Å². The maximum absolute atomic E-state index is 6.19. The summed E-state index contributed by atoms with van der Waals surface area (Å²) in [5, 5.41) is 2.30. The normalized spacial score (nSPS) is 12.7. The number of fused-ring (bicyclic) bond motifs is 6. The fraction of sp³-hybridized carbons (Fsp3) is 0.0526. The topological polar surface area (TPSA) is 16.4 Å². The summed E-state index contributed by atoms with van der Waals surface area (Å²) in [7, 11) is 0. The van der Waals surface area contributed by atoms with Crippen LogP contribution in [0.4, 0.5) is 17.1 Å². The fourth-order valence-electron chi connectivity index (χ4n) is 9.24. The predicted molar refractivity (Wildman–Crippen MR) is 248 cm³/mol. The zero-order valence-corrected chi connectivity index (χ0v) is 33.1. The molecule has 0 fully saturated rings. The van der Waals surface area contributed by atoms with Crippen LogP contribution in [0.2, 0.25) is 0 Å². The molecule has 1 aromatic heterocycles. The van der Waals surface area contributed by atoms with Crippen molar-refractivity contribution in [2.24, 2.45) is 0 Å². The van der Waals surface area contributed by atoms with Crippen molar-refractivity contribution in [2.45, 2.75) is 19.3 Å². The number of benzene rings is 9. The fourth-order valence-corrected chi connectivity index (χ4v) is 9.24. The van der Waals surface area contributed by atoms with Gasteiger partial charge in [0.15, 0.2) is 0 Å². The van der Waals surface area contributed by atoms with Gasteiger partial charge in [-0.05, 0) is 121 Å². The van der Waals surface area contributed by atoms with Gasteiger partial charge in [0.1, 0.15) is 11.2 Å². The van der Waals surface area contributed by atoms with Gasteiger partial charge in [0.25, 0.3) is 0 Å². The summed E-state index contributed by atoms with van der Waals surface area (Å²) in [4.78, 5) is 2.40. The molecule has 0 amide bonds. The van der Waals surface area contributed by atoms with E-state index in [2.05, 4.69) is 219 Å². The van der Waals surface area contributed by atoms with Gasteiger partial charge >= 0.3 is 0 Å². The first-order valence-electron chi connectivity index (χ1n) is 20.4. The third-order valence-corrected chi connectivity index (χ3v) is 12.3. The Morgan fingerprint density at radius 3 is 1.49 bits per heavy atom. The van der Waals surface area contributed by atoms with Crippen molar-refractivity contribution >= 4 is 39.0 Å². The quantitative estimate of drug-likeness (QED) is 0.161. The zero-order chi connectivity index (χ0) is 39.5. The molecule has 10 aromatic rings. The van der Waals surface area contributed by atoms with Gasteiger partial charge in [0.2, 0.25) is 0 Å². The molecule has 2 heteroatoms. The van der Waals surface area contributed by atoms with Crippen molar-refractivity contribution in [3.8, 4) is 55.6 Å². The van der Waals surface area contributed by atoms with Crippen LogP contribution >= 0.6 is 0 Å². The smallest absolute Gasteiger partial charge is 0.136 e. The zero-order valence-electron chi connectivity index (χ0n) is 33.1. The number of anilines is 3.